The van der Waals surface area contributed by atoms with Crippen LogP contribution >= 0.6 is 0 Å². The molecule has 0 heterocycles. The number of fused-ring (bicyclic) bond motifs is 1. The lowest BCUT2D eigenvalue weighted by molar-refractivity contribution is 0.138. The molecule has 0 radical (unpaired) electrons. The molecule has 8 heteroatoms. The minimum Gasteiger partial charge on any atom is -0.285 e. The van der Waals surface area contributed by atoms with Gasteiger partial charge in [-0.1, -0.05) is 12.8 Å². The molecule has 0 aromatic heterocycles. The van der Waals surface area contributed by atoms with Crippen molar-refractivity contribution in [2.75, 3.05) is 6.26 Å². The van der Waals surface area contributed by atoms with E-state index < -0.39 is 25.4 Å². The highest BCUT2D eigenvalue weighted by Gasteiger charge is 2.45. The zero-order chi connectivity index (χ0) is 14.3. The summed E-state index contributed by atoms with van der Waals surface area (Å²) in [6.07, 6.45) is 5.42. The average molecular weight is 311 g/mol. The maximum atomic E-state index is 11.4. The molecule has 2 N–H and O–H groups in total. The van der Waals surface area contributed by atoms with Gasteiger partial charge in [0, 0.05) is 6.04 Å². The lowest BCUT2D eigenvalue weighted by Crippen LogP contribution is -2.52. The van der Waals surface area contributed by atoms with Crippen LogP contribution in [0, 0.1) is 11.8 Å². The van der Waals surface area contributed by atoms with Crippen molar-refractivity contribution in [3.8, 4) is 0 Å². The molecule has 0 aromatic rings. The summed E-state index contributed by atoms with van der Waals surface area (Å²) in [6.45, 7) is 0. The Labute approximate surface area is 114 Å². The summed E-state index contributed by atoms with van der Waals surface area (Å²) >= 11 is 0. The van der Waals surface area contributed by atoms with E-state index in [1.807, 2.05) is 0 Å². The first kappa shape index (κ1) is 15.2. The van der Waals surface area contributed by atoms with Crippen molar-refractivity contribution in [1.29, 1.82) is 0 Å². The van der Waals surface area contributed by atoms with Crippen LogP contribution in [0.4, 0.5) is 0 Å². The highest BCUT2D eigenvalue weighted by atomic mass is 32.2. The van der Waals surface area contributed by atoms with Crippen LogP contribution in [0.1, 0.15) is 38.5 Å². The molecule has 2 rings (SSSR count). The molecule has 4 unspecified atom stereocenters. The van der Waals surface area contributed by atoms with Gasteiger partial charge in [-0.25, -0.2) is 13.1 Å². The summed E-state index contributed by atoms with van der Waals surface area (Å²) in [7, 11) is -7.33. The number of hydrogen-bond donors (Lipinski definition) is 2. The Balaban J connectivity index is 2.21. The van der Waals surface area contributed by atoms with Crippen molar-refractivity contribution in [2.24, 2.45) is 11.8 Å². The first-order valence-electron chi connectivity index (χ1n) is 6.62. The molecule has 0 saturated heterocycles. The van der Waals surface area contributed by atoms with Gasteiger partial charge in [0.15, 0.2) is 0 Å². The fourth-order valence-corrected chi connectivity index (χ4v) is 5.77. The Morgan fingerprint density at radius 1 is 0.947 bits per heavy atom. The van der Waals surface area contributed by atoms with E-state index in [4.69, 9.17) is 0 Å². The number of nitrogens with one attached hydrogen (secondary N) is 1. The molecule has 6 nitrogen and oxygen atoms in total. The summed E-state index contributed by atoms with van der Waals surface area (Å²) in [6, 6.07) is -0.196. The average Bonchev–Trinajstić information content (AvgIpc) is 2.25. The zero-order valence-electron chi connectivity index (χ0n) is 10.9. The fraction of sp³-hybridized carbons (Fsp3) is 1.00. The third-order valence-corrected chi connectivity index (χ3v) is 6.46. The van der Waals surface area contributed by atoms with Gasteiger partial charge in [-0.15, -0.1) is 0 Å². The molecule has 0 aromatic carbocycles. The van der Waals surface area contributed by atoms with Crippen LogP contribution in [0.5, 0.6) is 0 Å². The Bertz CT molecular complexity index is 527. The summed E-state index contributed by atoms with van der Waals surface area (Å²) in [5.74, 6) is -0.110. The van der Waals surface area contributed by atoms with E-state index in [0.717, 1.165) is 31.9 Å². The van der Waals surface area contributed by atoms with Crippen molar-refractivity contribution >= 4 is 20.1 Å². The van der Waals surface area contributed by atoms with Crippen LogP contribution in [-0.4, -0.2) is 38.9 Å². The van der Waals surface area contributed by atoms with E-state index in [0.29, 0.717) is 12.8 Å². The highest BCUT2D eigenvalue weighted by molar-refractivity contribution is 7.88. The molecule has 2 aliphatic rings. The molecule has 0 aliphatic heterocycles. The van der Waals surface area contributed by atoms with Crippen molar-refractivity contribution < 1.29 is 21.4 Å². The molecule has 0 amide bonds. The number of rotatable bonds is 3. The number of hydrogen-bond acceptors (Lipinski definition) is 4. The van der Waals surface area contributed by atoms with Gasteiger partial charge < -0.3 is 0 Å². The van der Waals surface area contributed by atoms with Gasteiger partial charge in [-0.2, -0.15) is 8.42 Å². The third-order valence-electron chi connectivity index (χ3n) is 4.38. The largest absolute Gasteiger partial charge is 0.285 e. The van der Waals surface area contributed by atoms with Crippen LogP contribution in [-0.2, 0) is 20.1 Å². The van der Waals surface area contributed by atoms with E-state index in [1.165, 1.54) is 0 Å². The molecular formula is C11H21NO5S2. The minimum atomic E-state index is -4.04. The Kier molecular flexibility index (Phi) is 4.25. The van der Waals surface area contributed by atoms with Crippen molar-refractivity contribution in [2.45, 2.75) is 49.8 Å². The normalized spacial score (nSPS) is 36.7. The highest BCUT2D eigenvalue weighted by Crippen LogP contribution is 2.43. The lowest BCUT2D eigenvalue weighted by atomic mass is 9.68. The summed E-state index contributed by atoms with van der Waals surface area (Å²) in [4.78, 5) is 0. The van der Waals surface area contributed by atoms with Crippen LogP contribution in [0.25, 0.3) is 0 Å². The standard InChI is InChI=1S/C11H21NO5S2/c1-18(13,14)12-10-6-7-11(19(15,16)17)9-5-3-2-4-8(9)10/h8-12H,2-7H2,1H3,(H,15,16,17). The summed E-state index contributed by atoms with van der Waals surface area (Å²) in [5.41, 5.74) is 0. The second-order valence-electron chi connectivity index (χ2n) is 5.74. The summed E-state index contributed by atoms with van der Waals surface area (Å²) in [5, 5.41) is -0.726. The lowest BCUT2D eigenvalue weighted by Gasteiger charge is -2.44. The molecule has 2 fully saturated rings. The molecule has 4 atom stereocenters. The Morgan fingerprint density at radius 2 is 1.53 bits per heavy atom. The second-order valence-corrected chi connectivity index (χ2v) is 9.15. The van der Waals surface area contributed by atoms with Crippen molar-refractivity contribution in [3.05, 3.63) is 0 Å². The third kappa shape index (κ3) is 3.68. The first-order chi connectivity index (χ1) is 8.68. The van der Waals surface area contributed by atoms with Crippen molar-refractivity contribution in [1.82, 2.24) is 4.72 Å². The second kappa shape index (κ2) is 5.31. The molecule has 19 heavy (non-hydrogen) atoms. The minimum absolute atomic E-state index is 0.0177. The fourth-order valence-electron chi connectivity index (χ4n) is 3.71. The van der Waals surface area contributed by atoms with Gasteiger partial charge in [-0.05, 0) is 37.5 Å². The van der Waals surface area contributed by atoms with Crippen LogP contribution in [0.15, 0.2) is 0 Å². The van der Waals surface area contributed by atoms with E-state index in [-0.39, 0.29) is 17.9 Å². The van der Waals surface area contributed by atoms with Crippen molar-refractivity contribution in [3.63, 3.8) is 0 Å². The molecule has 2 aliphatic carbocycles. The number of sulfonamides is 1. The molecule has 0 spiro atoms. The van der Waals surface area contributed by atoms with Crippen LogP contribution < -0.4 is 4.72 Å². The predicted molar refractivity (Wildman–Crippen MR) is 71.8 cm³/mol. The maximum absolute atomic E-state index is 11.4. The Hall–Kier alpha value is -0.180. The first-order valence-corrected chi connectivity index (χ1v) is 10.0. The maximum Gasteiger partial charge on any atom is 0.268 e. The SMILES string of the molecule is CS(=O)(=O)NC1CCC(S(=O)(=O)O)C2CCCCC12. The van der Waals surface area contributed by atoms with Gasteiger partial charge in [0.1, 0.15) is 0 Å². The van der Waals surface area contributed by atoms with Gasteiger partial charge in [-0.3, -0.25) is 4.55 Å². The van der Waals surface area contributed by atoms with E-state index in [9.17, 15) is 21.4 Å². The van der Waals surface area contributed by atoms with Gasteiger partial charge in [0.25, 0.3) is 10.1 Å². The molecule has 2 saturated carbocycles. The Morgan fingerprint density at radius 3 is 2.05 bits per heavy atom. The van der Waals surface area contributed by atoms with E-state index in [1.54, 1.807) is 0 Å². The monoisotopic (exact) mass is 311 g/mol. The molecule has 112 valence electrons. The molecular weight excluding hydrogens is 290 g/mol. The smallest absolute Gasteiger partial charge is 0.268 e. The topological polar surface area (TPSA) is 101 Å². The van der Waals surface area contributed by atoms with E-state index >= 15 is 0 Å². The van der Waals surface area contributed by atoms with Gasteiger partial charge in [0.05, 0.1) is 11.5 Å². The summed E-state index contributed by atoms with van der Waals surface area (Å²) < 4.78 is 57.6. The molecule has 0 bridgehead atoms. The van der Waals surface area contributed by atoms with Gasteiger partial charge >= 0.3 is 0 Å². The van der Waals surface area contributed by atoms with E-state index in [2.05, 4.69) is 4.72 Å². The predicted octanol–water partition coefficient (Wildman–Crippen LogP) is 0.761. The van der Waals surface area contributed by atoms with Crippen LogP contribution in [0.2, 0.25) is 0 Å². The quantitative estimate of drug-likeness (QED) is 0.749. The van der Waals surface area contributed by atoms with Crippen LogP contribution in [0.3, 0.4) is 0 Å². The zero-order valence-corrected chi connectivity index (χ0v) is 12.6. The van der Waals surface area contributed by atoms with Gasteiger partial charge in [0.2, 0.25) is 10.0 Å².